The summed E-state index contributed by atoms with van der Waals surface area (Å²) in [4.78, 5) is 4.69. The fourth-order valence-electron chi connectivity index (χ4n) is 2.29. The summed E-state index contributed by atoms with van der Waals surface area (Å²) in [6.07, 6.45) is 12.0. The molecule has 0 radical (unpaired) electrons. The van der Waals surface area contributed by atoms with Crippen molar-refractivity contribution >= 4 is 12.4 Å². The Morgan fingerprint density at radius 2 is 1.56 bits per heavy atom. The molecule has 1 aliphatic carbocycles. The molecule has 1 rings (SSSR count). The monoisotopic (exact) mass is 376 g/mol. The van der Waals surface area contributed by atoms with Gasteiger partial charge in [-0.1, -0.05) is 107 Å². The third-order valence-corrected chi connectivity index (χ3v) is 4.11. The van der Waals surface area contributed by atoms with E-state index < -0.39 is 0 Å². The van der Waals surface area contributed by atoms with Crippen molar-refractivity contribution in [2.75, 3.05) is 0 Å². The summed E-state index contributed by atoms with van der Waals surface area (Å²) in [7, 11) is 0. The van der Waals surface area contributed by atoms with E-state index >= 15 is 0 Å². The molecule has 158 valence electrons. The van der Waals surface area contributed by atoms with Crippen LogP contribution in [0.5, 0.6) is 0 Å². The van der Waals surface area contributed by atoms with Crippen molar-refractivity contribution in [2.45, 2.75) is 95.9 Å². The number of hydrogen-bond donors (Lipinski definition) is 1. The van der Waals surface area contributed by atoms with Gasteiger partial charge in [-0.15, -0.1) is 0 Å². The van der Waals surface area contributed by atoms with Crippen LogP contribution in [-0.2, 0) is 0 Å². The quantitative estimate of drug-likeness (QED) is 0.466. The van der Waals surface area contributed by atoms with Crippen molar-refractivity contribution in [2.24, 2.45) is 22.2 Å². The van der Waals surface area contributed by atoms with Crippen LogP contribution in [0.1, 0.15) is 95.9 Å². The van der Waals surface area contributed by atoms with Crippen molar-refractivity contribution in [1.29, 1.82) is 5.41 Å². The predicted molar refractivity (Wildman–Crippen MR) is 128 cm³/mol. The largest absolute Gasteiger partial charge is 0.308 e. The average Bonchev–Trinajstić information content (AvgIpc) is 2.68. The minimum atomic E-state index is 0.0676. The van der Waals surface area contributed by atoms with E-state index in [1.54, 1.807) is 0 Å². The van der Waals surface area contributed by atoms with Gasteiger partial charge < -0.3 is 5.41 Å². The molecule has 27 heavy (non-hydrogen) atoms. The second-order valence-electron chi connectivity index (χ2n) is 7.02. The van der Waals surface area contributed by atoms with Crippen LogP contribution in [-0.4, -0.2) is 12.4 Å². The summed E-state index contributed by atoms with van der Waals surface area (Å²) < 4.78 is 0. The highest BCUT2D eigenvalue weighted by molar-refractivity contribution is 5.84. The molecule has 0 heterocycles. The van der Waals surface area contributed by atoms with E-state index in [1.165, 1.54) is 11.8 Å². The molecule has 1 unspecified atom stereocenters. The molecule has 0 bridgehead atoms. The van der Waals surface area contributed by atoms with Gasteiger partial charge in [-0.3, -0.25) is 4.99 Å². The van der Waals surface area contributed by atoms with Crippen LogP contribution >= 0.6 is 0 Å². The lowest BCUT2D eigenvalue weighted by atomic mass is 9.82. The van der Waals surface area contributed by atoms with E-state index in [4.69, 9.17) is 10.4 Å². The highest BCUT2D eigenvalue weighted by Crippen LogP contribution is 2.33. The molecular weight excluding hydrogens is 328 g/mol. The minimum absolute atomic E-state index is 0.0676. The van der Waals surface area contributed by atoms with Crippen LogP contribution < -0.4 is 0 Å². The zero-order valence-electron chi connectivity index (χ0n) is 20.4. The molecule has 2 nitrogen and oxygen atoms in total. The molecule has 0 aliphatic heterocycles. The van der Waals surface area contributed by atoms with E-state index in [1.807, 2.05) is 53.8 Å². The molecule has 2 heteroatoms. The molecule has 0 fully saturated rings. The van der Waals surface area contributed by atoms with Crippen LogP contribution in [0.25, 0.3) is 0 Å². The number of hydrogen-bond acceptors (Lipinski definition) is 2. The van der Waals surface area contributed by atoms with Gasteiger partial charge in [-0.25, -0.2) is 0 Å². The van der Waals surface area contributed by atoms with E-state index in [-0.39, 0.29) is 5.41 Å². The van der Waals surface area contributed by atoms with Gasteiger partial charge in [-0.05, 0) is 30.1 Å². The zero-order chi connectivity index (χ0) is 22.0. The van der Waals surface area contributed by atoms with Gasteiger partial charge in [0.2, 0.25) is 0 Å². The van der Waals surface area contributed by atoms with Gasteiger partial charge in [0.15, 0.2) is 0 Å². The third kappa shape index (κ3) is 13.4. The Bertz CT molecular complexity index is 488. The number of nitrogens with one attached hydrogen (secondary N) is 1. The van der Waals surface area contributed by atoms with Crippen molar-refractivity contribution in [3.8, 4) is 0 Å². The Balaban J connectivity index is -0.000000869. The molecule has 0 amide bonds. The van der Waals surface area contributed by atoms with Crippen LogP contribution in [0, 0.1) is 22.7 Å². The standard InChI is InChI=1S/C19H30N2.3C2H6/c1-7-16-8-9-17(12-20)18(11-19(5,6)10-16)21-13-15(4)14(2)3;3*1-2/h8-9,11-15,20H,7,10H2,1-6H3;3*1-2H3/b16-8?,17-9-,18-11+,20-12?,21-13?;;;. The van der Waals surface area contributed by atoms with Gasteiger partial charge in [0.25, 0.3) is 0 Å². The molecule has 0 aromatic heterocycles. The van der Waals surface area contributed by atoms with Gasteiger partial charge >= 0.3 is 0 Å². The molecule has 0 saturated heterocycles. The maximum Gasteiger partial charge on any atom is 0.0679 e. The Hall–Kier alpha value is -1.44. The summed E-state index contributed by atoms with van der Waals surface area (Å²) in [5.74, 6) is 1.02. The van der Waals surface area contributed by atoms with Crippen molar-refractivity contribution in [3.05, 3.63) is 35.1 Å². The number of rotatable bonds is 5. The van der Waals surface area contributed by atoms with Gasteiger partial charge in [0.1, 0.15) is 0 Å². The van der Waals surface area contributed by atoms with Crippen molar-refractivity contribution in [3.63, 3.8) is 0 Å². The second kappa shape index (κ2) is 17.9. The fraction of sp³-hybridized carbons (Fsp3) is 0.680. The highest BCUT2D eigenvalue weighted by Gasteiger charge is 2.20. The zero-order valence-corrected chi connectivity index (χ0v) is 20.4. The summed E-state index contributed by atoms with van der Waals surface area (Å²) >= 11 is 0. The van der Waals surface area contributed by atoms with Crippen LogP contribution in [0.4, 0.5) is 0 Å². The molecule has 0 aromatic carbocycles. The van der Waals surface area contributed by atoms with Crippen LogP contribution in [0.15, 0.2) is 40.1 Å². The average molecular weight is 377 g/mol. The minimum Gasteiger partial charge on any atom is -0.308 e. The molecule has 1 aliphatic rings. The predicted octanol–water partition coefficient (Wildman–Crippen LogP) is 8.65. The second-order valence-corrected chi connectivity index (χ2v) is 7.02. The fourth-order valence-corrected chi connectivity index (χ4v) is 2.29. The highest BCUT2D eigenvalue weighted by atomic mass is 14.7. The Kier molecular flexibility index (Phi) is 20.1. The summed E-state index contributed by atoms with van der Waals surface area (Å²) in [6.45, 7) is 25.3. The molecule has 0 saturated carbocycles. The van der Waals surface area contributed by atoms with Crippen molar-refractivity contribution in [1.82, 2.24) is 0 Å². The molecule has 1 atom stereocenters. The third-order valence-electron chi connectivity index (χ3n) is 4.11. The first kappa shape index (κ1) is 30.3. The summed E-state index contributed by atoms with van der Waals surface area (Å²) in [5, 5.41) is 7.68. The molecule has 0 aromatic rings. The first-order valence-electron chi connectivity index (χ1n) is 11.0. The maximum absolute atomic E-state index is 7.68. The topological polar surface area (TPSA) is 36.2 Å². The van der Waals surface area contributed by atoms with E-state index in [0.29, 0.717) is 11.8 Å². The Morgan fingerprint density at radius 3 is 1.96 bits per heavy atom. The normalized spacial score (nSPS) is 20.4. The number of aliphatic imine (C=N–C) groups is 1. The SMILES string of the molecule is CC.CC.CC.CCC1=C/C=C(C=N)\C(N=CC(C)C(C)C)=C/C(C)(C)C1. The van der Waals surface area contributed by atoms with Crippen LogP contribution in [0.3, 0.4) is 0 Å². The van der Waals surface area contributed by atoms with Crippen LogP contribution in [0.2, 0.25) is 0 Å². The lowest BCUT2D eigenvalue weighted by molar-refractivity contribution is 0.466. The molecule has 1 N–H and O–H groups in total. The maximum atomic E-state index is 7.68. The lowest BCUT2D eigenvalue weighted by Crippen LogP contribution is -2.12. The van der Waals surface area contributed by atoms with E-state index in [2.05, 4.69) is 53.7 Å². The Morgan fingerprint density at radius 1 is 1.04 bits per heavy atom. The molecule has 0 spiro atoms. The van der Waals surface area contributed by atoms with E-state index in [0.717, 1.165) is 24.1 Å². The van der Waals surface area contributed by atoms with Gasteiger partial charge in [0, 0.05) is 18.0 Å². The van der Waals surface area contributed by atoms with E-state index in [9.17, 15) is 0 Å². The summed E-state index contributed by atoms with van der Waals surface area (Å²) in [5.41, 5.74) is 3.31. The smallest absolute Gasteiger partial charge is 0.0679 e. The summed E-state index contributed by atoms with van der Waals surface area (Å²) in [6, 6.07) is 0. The number of nitrogens with zero attached hydrogens (tertiary/aromatic N) is 1. The first-order valence-corrected chi connectivity index (χ1v) is 11.0. The number of allylic oxidation sites excluding steroid dienone is 5. The Labute approximate surface area is 171 Å². The van der Waals surface area contributed by atoms with Crippen molar-refractivity contribution < 1.29 is 0 Å². The lowest BCUT2D eigenvalue weighted by Gasteiger charge is -2.24. The first-order chi connectivity index (χ1) is 12.8. The van der Waals surface area contributed by atoms with Gasteiger partial charge in [-0.2, -0.15) is 0 Å². The van der Waals surface area contributed by atoms with Gasteiger partial charge in [0.05, 0.1) is 5.70 Å². The molecular formula is C25H48N2.